The van der Waals surface area contributed by atoms with Crippen LogP contribution in [-0.4, -0.2) is 16.7 Å². The standard InChI is InChI=1S/C25H19ClFNO2S/c1-15-3-6-18(13-16(15)2)22-23(31-21-11-7-19(26)8-12-21)25(30)28(24(22)29)14-17-4-9-20(27)10-5-17/h3-13H,14H2,1-2H3. The van der Waals surface area contributed by atoms with Gasteiger partial charge in [0.15, 0.2) is 0 Å². The Balaban J connectivity index is 1.75. The average Bonchev–Trinajstić information content (AvgIpc) is 2.97. The molecule has 2 amide bonds. The van der Waals surface area contributed by atoms with Crippen LogP contribution in [0, 0.1) is 19.7 Å². The summed E-state index contributed by atoms with van der Waals surface area (Å²) in [5.41, 5.74) is 3.92. The summed E-state index contributed by atoms with van der Waals surface area (Å²) in [6.45, 7) is 4.05. The van der Waals surface area contributed by atoms with E-state index in [0.29, 0.717) is 26.6 Å². The van der Waals surface area contributed by atoms with Crippen LogP contribution in [0.15, 0.2) is 76.5 Å². The van der Waals surface area contributed by atoms with Crippen LogP contribution >= 0.6 is 23.4 Å². The van der Waals surface area contributed by atoms with Crippen LogP contribution in [0.5, 0.6) is 0 Å². The predicted molar refractivity (Wildman–Crippen MR) is 122 cm³/mol. The molecule has 0 aliphatic carbocycles. The molecule has 0 saturated heterocycles. The second kappa shape index (κ2) is 8.69. The Morgan fingerprint density at radius 2 is 1.55 bits per heavy atom. The van der Waals surface area contributed by atoms with Crippen LogP contribution in [0.2, 0.25) is 5.02 Å². The number of nitrogens with zero attached hydrogens (tertiary/aromatic N) is 1. The Morgan fingerprint density at radius 3 is 2.19 bits per heavy atom. The maximum absolute atomic E-state index is 13.4. The number of carbonyl (C=O) groups is 2. The van der Waals surface area contributed by atoms with Gasteiger partial charge in [-0.25, -0.2) is 4.39 Å². The number of imide groups is 1. The first-order valence-electron chi connectivity index (χ1n) is 9.69. The largest absolute Gasteiger partial charge is 0.269 e. The molecule has 1 heterocycles. The lowest BCUT2D eigenvalue weighted by atomic mass is 10.0. The number of halogens is 2. The van der Waals surface area contributed by atoms with E-state index in [1.807, 2.05) is 44.2 Å². The van der Waals surface area contributed by atoms with Crippen molar-refractivity contribution in [3.8, 4) is 0 Å². The lowest BCUT2D eigenvalue weighted by Crippen LogP contribution is -2.30. The minimum absolute atomic E-state index is 0.0803. The molecule has 6 heteroatoms. The van der Waals surface area contributed by atoms with Crippen molar-refractivity contribution in [3.63, 3.8) is 0 Å². The van der Waals surface area contributed by atoms with Crippen molar-refractivity contribution in [2.24, 2.45) is 0 Å². The lowest BCUT2D eigenvalue weighted by molar-refractivity contribution is -0.137. The monoisotopic (exact) mass is 451 g/mol. The number of hydrogen-bond acceptors (Lipinski definition) is 3. The number of thioether (sulfide) groups is 1. The fourth-order valence-corrected chi connectivity index (χ4v) is 4.48. The first-order chi connectivity index (χ1) is 14.8. The highest BCUT2D eigenvalue weighted by Gasteiger charge is 2.39. The van der Waals surface area contributed by atoms with Crippen molar-refractivity contribution in [1.82, 2.24) is 4.90 Å². The molecule has 0 radical (unpaired) electrons. The van der Waals surface area contributed by atoms with E-state index in [2.05, 4.69) is 0 Å². The van der Waals surface area contributed by atoms with Gasteiger partial charge in [-0.2, -0.15) is 0 Å². The second-order valence-corrected chi connectivity index (χ2v) is 8.90. The normalized spacial score (nSPS) is 14.0. The van der Waals surface area contributed by atoms with E-state index in [9.17, 15) is 14.0 Å². The highest BCUT2D eigenvalue weighted by atomic mass is 35.5. The van der Waals surface area contributed by atoms with Gasteiger partial charge in [0, 0.05) is 9.92 Å². The first-order valence-corrected chi connectivity index (χ1v) is 10.9. The van der Waals surface area contributed by atoms with Crippen molar-refractivity contribution < 1.29 is 14.0 Å². The van der Waals surface area contributed by atoms with E-state index in [1.165, 1.54) is 28.8 Å². The summed E-state index contributed by atoms with van der Waals surface area (Å²) in [5.74, 6) is -1.08. The smallest absolute Gasteiger partial charge is 0.268 e. The summed E-state index contributed by atoms with van der Waals surface area (Å²) in [5, 5.41) is 0.597. The molecule has 0 unspecified atom stereocenters. The summed E-state index contributed by atoms with van der Waals surface area (Å²) >= 11 is 7.23. The molecule has 0 N–H and O–H groups in total. The lowest BCUT2D eigenvalue weighted by Gasteiger charge is -2.15. The SMILES string of the molecule is Cc1ccc(C2=C(Sc3ccc(Cl)cc3)C(=O)N(Cc3ccc(F)cc3)C2=O)cc1C. The molecule has 0 saturated carbocycles. The van der Waals surface area contributed by atoms with Gasteiger partial charge >= 0.3 is 0 Å². The topological polar surface area (TPSA) is 37.4 Å². The molecular weight excluding hydrogens is 433 g/mol. The number of amides is 2. The number of aryl methyl sites for hydroxylation is 2. The zero-order valence-electron chi connectivity index (χ0n) is 17.0. The Kier molecular flexibility index (Phi) is 5.99. The fraction of sp³-hybridized carbons (Fsp3) is 0.120. The second-order valence-electron chi connectivity index (χ2n) is 7.38. The van der Waals surface area contributed by atoms with Gasteiger partial charge in [-0.15, -0.1) is 0 Å². The molecule has 1 aliphatic rings. The summed E-state index contributed by atoms with van der Waals surface area (Å²) in [4.78, 5) is 29.1. The molecule has 4 rings (SSSR count). The number of benzene rings is 3. The van der Waals surface area contributed by atoms with Crippen LogP contribution in [0.25, 0.3) is 5.57 Å². The third-order valence-corrected chi connectivity index (χ3v) is 6.55. The van der Waals surface area contributed by atoms with Gasteiger partial charge in [-0.3, -0.25) is 14.5 Å². The first kappa shape index (κ1) is 21.3. The van der Waals surface area contributed by atoms with Gasteiger partial charge in [-0.05, 0) is 72.5 Å². The van der Waals surface area contributed by atoms with Crippen molar-refractivity contribution in [1.29, 1.82) is 0 Å². The van der Waals surface area contributed by atoms with Gasteiger partial charge < -0.3 is 0 Å². The third kappa shape index (κ3) is 4.43. The molecule has 0 spiro atoms. The summed E-state index contributed by atoms with van der Waals surface area (Å²) in [6.07, 6.45) is 0. The fourth-order valence-electron chi connectivity index (χ4n) is 3.34. The molecule has 0 bridgehead atoms. The van der Waals surface area contributed by atoms with Crippen molar-refractivity contribution in [2.45, 2.75) is 25.3 Å². The van der Waals surface area contributed by atoms with Crippen LogP contribution in [0.3, 0.4) is 0 Å². The zero-order valence-corrected chi connectivity index (χ0v) is 18.6. The van der Waals surface area contributed by atoms with Gasteiger partial charge in [0.25, 0.3) is 11.8 Å². The molecule has 0 aromatic heterocycles. The van der Waals surface area contributed by atoms with E-state index >= 15 is 0 Å². The predicted octanol–water partition coefficient (Wildman–Crippen LogP) is 6.17. The minimum Gasteiger partial charge on any atom is -0.269 e. The molecule has 3 aromatic carbocycles. The number of carbonyl (C=O) groups excluding carboxylic acids is 2. The van der Waals surface area contributed by atoms with Crippen LogP contribution in [-0.2, 0) is 16.1 Å². The summed E-state index contributed by atoms with van der Waals surface area (Å²) < 4.78 is 13.3. The van der Waals surface area contributed by atoms with Crippen LogP contribution < -0.4 is 0 Å². The molecule has 3 aromatic rings. The van der Waals surface area contributed by atoms with E-state index in [-0.39, 0.29) is 24.2 Å². The average molecular weight is 452 g/mol. The van der Waals surface area contributed by atoms with E-state index in [0.717, 1.165) is 16.0 Å². The molecule has 31 heavy (non-hydrogen) atoms. The van der Waals surface area contributed by atoms with Crippen molar-refractivity contribution in [2.75, 3.05) is 0 Å². The third-order valence-electron chi connectivity index (χ3n) is 5.21. The quantitative estimate of drug-likeness (QED) is 0.435. The molecular formula is C25H19ClFNO2S. The van der Waals surface area contributed by atoms with Gasteiger partial charge in [-0.1, -0.05) is 53.7 Å². The van der Waals surface area contributed by atoms with E-state index in [1.54, 1.807) is 24.3 Å². The zero-order chi connectivity index (χ0) is 22.1. The summed E-state index contributed by atoms with van der Waals surface area (Å²) in [6, 6.07) is 18.7. The number of rotatable bonds is 5. The highest BCUT2D eigenvalue weighted by molar-refractivity contribution is 8.04. The maximum Gasteiger partial charge on any atom is 0.268 e. The minimum atomic E-state index is -0.365. The van der Waals surface area contributed by atoms with Gasteiger partial charge in [0.2, 0.25) is 0 Å². The molecule has 156 valence electrons. The molecule has 0 fully saturated rings. The van der Waals surface area contributed by atoms with E-state index in [4.69, 9.17) is 11.6 Å². The Morgan fingerprint density at radius 1 is 0.871 bits per heavy atom. The highest BCUT2D eigenvalue weighted by Crippen LogP contribution is 2.40. The van der Waals surface area contributed by atoms with E-state index < -0.39 is 0 Å². The van der Waals surface area contributed by atoms with Gasteiger partial charge in [0.1, 0.15) is 5.82 Å². The number of hydrogen-bond donors (Lipinski definition) is 0. The molecule has 3 nitrogen and oxygen atoms in total. The Bertz CT molecular complexity index is 1200. The van der Waals surface area contributed by atoms with Crippen LogP contribution in [0.4, 0.5) is 4.39 Å². The molecule has 1 aliphatic heterocycles. The summed E-state index contributed by atoms with van der Waals surface area (Å²) in [7, 11) is 0. The molecule has 0 atom stereocenters. The Hall–Kier alpha value is -2.89. The van der Waals surface area contributed by atoms with Crippen molar-refractivity contribution >= 4 is 40.8 Å². The van der Waals surface area contributed by atoms with Gasteiger partial charge in [0.05, 0.1) is 17.0 Å². The maximum atomic E-state index is 13.4. The van der Waals surface area contributed by atoms with Crippen molar-refractivity contribution in [3.05, 3.63) is 105 Å². The Labute approximate surface area is 189 Å². The van der Waals surface area contributed by atoms with Crippen LogP contribution in [0.1, 0.15) is 22.3 Å².